The number of nitrogens with one attached hydrogen (secondary N) is 1. The van der Waals surface area contributed by atoms with Crippen molar-refractivity contribution in [3.8, 4) is 5.75 Å². The fourth-order valence-electron chi connectivity index (χ4n) is 3.42. The molecule has 2 atom stereocenters. The van der Waals surface area contributed by atoms with Crippen molar-refractivity contribution in [1.29, 1.82) is 0 Å². The summed E-state index contributed by atoms with van der Waals surface area (Å²) in [6.07, 6.45) is 4.42. The van der Waals surface area contributed by atoms with Crippen LogP contribution in [0.4, 0.5) is 5.69 Å². The number of sulfonamides is 1. The van der Waals surface area contributed by atoms with E-state index in [1.165, 1.54) is 29.1 Å². The maximum atomic E-state index is 12.6. The summed E-state index contributed by atoms with van der Waals surface area (Å²) >= 11 is 1.18. The maximum Gasteiger partial charge on any atom is 0.273 e. The highest BCUT2D eigenvalue weighted by Gasteiger charge is 2.22. The van der Waals surface area contributed by atoms with Gasteiger partial charge >= 0.3 is 0 Å². The van der Waals surface area contributed by atoms with Gasteiger partial charge in [-0.05, 0) is 54.5 Å². The third-order valence-electron chi connectivity index (χ3n) is 4.98. The standard InChI is InChI=1S/C20H26N2O4S2/c1-15-5-3-6-16(13-15)21-19(23)14-26-18-10-8-17(9-11-18)22(2)28(24,25)20-7-4-12-27-20/h4,7-12,15-16H,3,5-6,13-14H2,1-2H3,(H,21,23). The zero-order chi connectivity index (χ0) is 20.1. The number of ether oxygens (including phenoxy) is 1. The van der Waals surface area contributed by atoms with Crippen LogP contribution in [0.2, 0.25) is 0 Å². The zero-order valence-electron chi connectivity index (χ0n) is 16.1. The normalized spacial score (nSPS) is 19.8. The molecule has 1 aromatic carbocycles. The topological polar surface area (TPSA) is 75.7 Å². The molecule has 8 heteroatoms. The molecule has 1 aliphatic rings. The second-order valence-corrected chi connectivity index (χ2v) is 10.4. The van der Waals surface area contributed by atoms with E-state index in [1.54, 1.807) is 41.8 Å². The van der Waals surface area contributed by atoms with Crippen LogP contribution in [0.15, 0.2) is 46.0 Å². The van der Waals surface area contributed by atoms with Gasteiger partial charge in [0.2, 0.25) is 0 Å². The third kappa shape index (κ3) is 5.05. The molecular formula is C20H26N2O4S2. The van der Waals surface area contributed by atoms with Crippen LogP contribution in [0.1, 0.15) is 32.6 Å². The molecule has 0 aliphatic heterocycles. The van der Waals surface area contributed by atoms with Crippen molar-refractivity contribution < 1.29 is 17.9 Å². The van der Waals surface area contributed by atoms with Gasteiger partial charge in [-0.3, -0.25) is 9.10 Å². The maximum absolute atomic E-state index is 12.6. The Balaban J connectivity index is 1.53. The molecule has 0 bridgehead atoms. The van der Waals surface area contributed by atoms with Gasteiger partial charge in [0, 0.05) is 13.1 Å². The van der Waals surface area contributed by atoms with Crippen molar-refractivity contribution in [2.24, 2.45) is 5.92 Å². The number of hydrogen-bond donors (Lipinski definition) is 1. The van der Waals surface area contributed by atoms with Crippen LogP contribution in [-0.4, -0.2) is 34.0 Å². The van der Waals surface area contributed by atoms with Crippen molar-refractivity contribution in [3.63, 3.8) is 0 Å². The summed E-state index contributed by atoms with van der Waals surface area (Å²) in [5.74, 6) is 1.05. The van der Waals surface area contributed by atoms with Crippen molar-refractivity contribution in [2.75, 3.05) is 18.0 Å². The molecule has 1 saturated carbocycles. The predicted molar refractivity (Wildman–Crippen MR) is 111 cm³/mol. The lowest BCUT2D eigenvalue weighted by Crippen LogP contribution is -2.40. The molecule has 3 rings (SSSR count). The molecule has 0 saturated heterocycles. The van der Waals surface area contributed by atoms with Crippen LogP contribution < -0.4 is 14.4 Å². The molecule has 28 heavy (non-hydrogen) atoms. The van der Waals surface area contributed by atoms with Crippen molar-refractivity contribution >= 4 is 33.0 Å². The summed E-state index contributed by atoms with van der Waals surface area (Å²) in [5.41, 5.74) is 0.529. The minimum atomic E-state index is -3.56. The molecule has 0 radical (unpaired) electrons. The quantitative estimate of drug-likeness (QED) is 0.739. The number of amides is 1. The lowest BCUT2D eigenvalue weighted by molar-refractivity contribution is -0.124. The molecule has 2 aromatic rings. The minimum Gasteiger partial charge on any atom is -0.484 e. The van der Waals surface area contributed by atoms with Gasteiger partial charge in [0.05, 0.1) is 5.69 Å². The highest BCUT2D eigenvalue weighted by molar-refractivity contribution is 7.94. The smallest absolute Gasteiger partial charge is 0.273 e. The van der Waals surface area contributed by atoms with E-state index < -0.39 is 10.0 Å². The minimum absolute atomic E-state index is 0.0481. The van der Waals surface area contributed by atoms with Crippen LogP contribution in [0, 0.1) is 5.92 Å². The Bertz CT molecular complexity index is 879. The van der Waals surface area contributed by atoms with Gasteiger partial charge in [0.25, 0.3) is 15.9 Å². The molecule has 152 valence electrons. The van der Waals surface area contributed by atoms with Crippen LogP contribution in [-0.2, 0) is 14.8 Å². The summed E-state index contributed by atoms with van der Waals surface area (Å²) in [4.78, 5) is 12.1. The van der Waals surface area contributed by atoms with Gasteiger partial charge in [-0.15, -0.1) is 11.3 Å². The fraction of sp³-hybridized carbons (Fsp3) is 0.450. The van der Waals surface area contributed by atoms with Gasteiger partial charge in [-0.2, -0.15) is 0 Å². The summed E-state index contributed by atoms with van der Waals surface area (Å²) in [6.45, 7) is 2.17. The number of carbonyl (C=O) groups excluding carboxylic acids is 1. The number of anilines is 1. The number of carbonyl (C=O) groups is 1. The SMILES string of the molecule is CC1CCCC(NC(=O)COc2ccc(N(C)S(=O)(=O)c3cccs3)cc2)C1. The van der Waals surface area contributed by atoms with Crippen molar-refractivity contribution in [3.05, 3.63) is 41.8 Å². The molecule has 1 N–H and O–H groups in total. The highest BCUT2D eigenvalue weighted by Crippen LogP contribution is 2.27. The number of benzene rings is 1. The highest BCUT2D eigenvalue weighted by atomic mass is 32.2. The third-order valence-corrected chi connectivity index (χ3v) is 8.14. The summed E-state index contributed by atoms with van der Waals surface area (Å²) in [6, 6.07) is 10.2. The largest absolute Gasteiger partial charge is 0.484 e. The average Bonchev–Trinajstić information content (AvgIpc) is 3.22. The van der Waals surface area contributed by atoms with Crippen LogP contribution in [0.5, 0.6) is 5.75 Å². The van der Waals surface area contributed by atoms with Crippen LogP contribution in [0.25, 0.3) is 0 Å². The molecule has 1 amide bonds. The predicted octanol–water partition coefficient (Wildman–Crippen LogP) is 3.65. The van der Waals surface area contributed by atoms with Crippen LogP contribution >= 0.6 is 11.3 Å². The van der Waals surface area contributed by atoms with Gasteiger partial charge in [0.1, 0.15) is 9.96 Å². The Morgan fingerprint density at radius 2 is 2.00 bits per heavy atom. The summed E-state index contributed by atoms with van der Waals surface area (Å²) in [7, 11) is -2.04. The first-order chi connectivity index (χ1) is 13.4. The summed E-state index contributed by atoms with van der Waals surface area (Å²) < 4.78 is 32.2. The van der Waals surface area contributed by atoms with E-state index in [0.717, 1.165) is 19.3 Å². The Kier molecular flexibility index (Phi) is 6.61. The van der Waals surface area contributed by atoms with Gasteiger partial charge < -0.3 is 10.1 Å². The lowest BCUT2D eigenvalue weighted by Gasteiger charge is -2.27. The van der Waals surface area contributed by atoms with E-state index in [0.29, 0.717) is 21.6 Å². The van der Waals surface area contributed by atoms with Gasteiger partial charge in [0.15, 0.2) is 6.61 Å². The first kappa shape index (κ1) is 20.7. The molecule has 1 aliphatic carbocycles. The number of thiophene rings is 1. The molecule has 6 nitrogen and oxygen atoms in total. The van der Waals surface area contributed by atoms with Crippen molar-refractivity contribution in [2.45, 2.75) is 42.9 Å². The van der Waals surface area contributed by atoms with Crippen molar-refractivity contribution in [1.82, 2.24) is 5.32 Å². The molecule has 0 spiro atoms. The number of nitrogens with zero attached hydrogens (tertiary/aromatic N) is 1. The van der Waals surface area contributed by atoms with Gasteiger partial charge in [-0.1, -0.05) is 25.8 Å². The molecular weight excluding hydrogens is 396 g/mol. The Morgan fingerprint density at radius 1 is 1.25 bits per heavy atom. The van der Waals surface area contributed by atoms with E-state index in [2.05, 4.69) is 12.2 Å². The molecule has 1 aromatic heterocycles. The Hall–Kier alpha value is -2.06. The Morgan fingerprint density at radius 3 is 2.64 bits per heavy atom. The second kappa shape index (κ2) is 8.96. The summed E-state index contributed by atoms with van der Waals surface area (Å²) in [5, 5.41) is 4.77. The van der Waals surface area contributed by atoms with E-state index in [-0.39, 0.29) is 18.6 Å². The van der Waals surface area contributed by atoms with Gasteiger partial charge in [-0.25, -0.2) is 8.42 Å². The Labute approximate surface area is 170 Å². The first-order valence-corrected chi connectivity index (χ1v) is 11.7. The number of rotatable bonds is 7. The van der Waals surface area contributed by atoms with E-state index >= 15 is 0 Å². The zero-order valence-corrected chi connectivity index (χ0v) is 17.8. The van der Waals surface area contributed by atoms with E-state index in [9.17, 15) is 13.2 Å². The number of hydrogen-bond acceptors (Lipinski definition) is 5. The second-order valence-electron chi connectivity index (χ2n) is 7.22. The van der Waals surface area contributed by atoms with E-state index in [1.807, 2.05) is 0 Å². The lowest BCUT2D eigenvalue weighted by atomic mass is 9.87. The van der Waals surface area contributed by atoms with E-state index in [4.69, 9.17) is 4.74 Å². The molecule has 1 fully saturated rings. The van der Waals surface area contributed by atoms with Crippen LogP contribution in [0.3, 0.4) is 0 Å². The fourth-order valence-corrected chi connectivity index (χ4v) is 5.78. The monoisotopic (exact) mass is 422 g/mol. The molecule has 2 unspecified atom stereocenters. The molecule has 1 heterocycles. The first-order valence-electron chi connectivity index (χ1n) is 9.41. The average molecular weight is 423 g/mol.